The maximum absolute atomic E-state index is 13.1. The van der Waals surface area contributed by atoms with Gasteiger partial charge in [0.2, 0.25) is 0 Å². The Bertz CT molecular complexity index is 599. The van der Waals surface area contributed by atoms with E-state index in [4.69, 9.17) is 4.74 Å². The summed E-state index contributed by atoms with van der Waals surface area (Å²) in [5.41, 5.74) is -1.38. The average Bonchev–Trinajstić information content (AvgIpc) is 2.88. The zero-order valence-corrected chi connectivity index (χ0v) is 13.8. The molecule has 1 N–H and O–H groups in total. The lowest BCUT2D eigenvalue weighted by atomic mass is 9.94. The lowest BCUT2D eigenvalue weighted by Crippen LogP contribution is -2.39. The Morgan fingerprint density at radius 2 is 2.08 bits per heavy atom. The summed E-state index contributed by atoms with van der Waals surface area (Å²) in [7, 11) is 0. The van der Waals surface area contributed by atoms with Crippen molar-refractivity contribution in [3.63, 3.8) is 0 Å². The van der Waals surface area contributed by atoms with Crippen LogP contribution in [0.2, 0.25) is 0 Å². The van der Waals surface area contributed by atoms with Gasteiger partial charge >= 0.3 is 12.1 Å². The van der Waals surface area contributed by atoms with Crippen LogP contribution in [0.1, 0.15) is 44.4 Å². The van der Waals surface area contributed by atoms with Gasteiger partial charge in [0, 0.05) is 18.7 Å². The van der Waals surface area contributed by atoms with Crippen molar-refractivity contribution in [3.05, 3.63) is 29.6 Å². The molecule has 0 bridgehead atoms. The van der Waals surface area contributed by atoms with Crippen LogP contribution in [0.25, 0.3) is 0 Å². The highest BCUT2D eigenvalue weighted by Gasteiger charge is 2.43. The van der Waals surface area contributed by atoms with Gasteiger partial charge in [-0.25, -0.2) is 0 Å². The van der Waals surface area contributed by atoms with Crippen molar-refractivity contribution in [2.24, 2.45) is 0 Å². The summed E-state index contributed by atoms with van der Waals surface area (Å²) in [6, 6.07) is 1.93. The molecule has 1 saturated heterocycles. The van der Waals surface area contributed by atoms with Gasteiger partial charge in [-0.15, -0.1) is 0 Å². The van der Waals surface area contributed by atoms with Crippen molar-refractivity contribution in [2.45, 2.75) is 50.9 Å². The van der Waals surface area contributed by atoms with E-state index in [1.165, 1.54) is 12.1 Å². The molecule has 0 radical (unpaired) electrons. The van der Waals surface area contributed by atoms with Crippen LogP contribution in [0.3, 0.4) is 0 Å². The van der Waals surface area contributed by atoms with E-state index < -0.39 is 35.4 Å². The first-order valence-corrected chi connectivity index (χ1v) is 7.62. The number of carboxylic acids is 1. The van der Waals surface area contributed by atoms with Gasteiger partial charge in [-0.1, -0.05) is 6.07 Å². The molecule has 1 aliphatic rings. The molecular formula is C16H21F3N2O3. The highest BCUT2D eigenvalue weighted by molar-refractivity contribution is 5.74. The van der Waals surface area contributed by atoms with Gasteiger partial charge in [0.1, 0.15) is 18.5 Å². The van der Waals surface area contributed by atoms with E-state index in [0.717, 1.165) is 6.20 Å². The minimum Gasteiger partial charge on any atom is -0.480 e. The fraction of sp³-hybridized carbons (Fsp3) is 0.625. The Morgan fingerprint density at radius 3 is 2.62 bits per heavy atom. The van der Waals surface area contributed by atoms with Gasteiger partial charge < -0.3 is 9.84 Å². The molecule has 1 aromatic heterocycles. The minimum absolute atomic E-state index is 0.0366. The van der Waals surface area contributed by atoms with Gasteiger partial charge in [0.15, 0.2) is 0 Å². The first kappa shape index (κ1) is 18.7. The van der Waals surface area contributed by atoms with Gasteiger partial charge in [0.05, 0.1) is 5.60 Å². The second kappa shape index (κ2) is 6.68. The second-order valence-corrected chi connectivity index (χ2v) is 6.88. The number of rotatable bonds is 4. The SMILES string of the molecule is CC(C)(C)OCN1CC(c2cccnc2C(F)(F)F)C[C@@H]1C(=O)O. The number of aromatic nitrogens is 1. The van der Waals surface area contributed by atoms with E-state index in [9.17, 15) is 23.1 Å². The Balaban J connectivity index is 2.23. The molecule has 5 nitrogen and oxygen atoms in total. The van der Waals surface area contributed by atoms with Crippen LogP contribution in [0, 0.1) is 0 Å². The number of nitrogens with zero attached hydrogens (tertiary/aromatic N) is 2. The molecule has 0 amide bonds. The molecule has 0 aliphatic carbocycles. The molecule has 0 aromatic carbocycles. The van der Waals surface area contributed by atoms with E-state index in [1.54, 1.807) is 4.90 Å². The molecule has 1 aliphatic heterocycles. The number of pyridine rings is 1. The highest BCUT2D eigenvalue weighted by Crippen LogP contribution is 2.38. The van der Waals surface area contributed by atoms with Crippen molar-refractivity contribution in [1.29, 1.82) is 0 Å². The molecule has 2 rings (SSSR count). The van der Waals surface area contributed by atoms with Crippen molar-refractivity contribution < 1.29 is 27.8 Å². The van der Waals surface area contributed by atoms with Crippen molar-refractivity contribution in [1.82, 2.24) is 9.88 Å². The summed E-state index contributed by atoms with van der Waals surface area (Å²) in [5.74, 6) is -1.62. The van der Waals surface area contributed by atoms with Crippen LogP contribution < -0.4 is 0 Å². The number of alkyl halides is 3. The first-order valence-electron chi connectivity index (χ1n) is 7.62. The summed E-state index contributed by atoms with van der Waals surface area (Å²) in [5, 5.41) is 9.37. The van der Waals surface area contributed by atoms with Crippen molar-refractivity contribution >= 4 is 5.97 Å². The van der Waals surface area contributed by atoms with Crippen molar-refractivity contribution in [3.8, 4) is 0 Å². The molecule has 1 aromatic rings. The zero-order chi connectivity index (χ0) is 18.1. The lowest BCUT2D eigenvalue weighted by molar-refractivity contribution is -0.146. The standard InChI is InChI=1S/C16H21F3N2O3/c1-15(2,3)24-9-21-8-10(7-12(21)14(22)23)11-5-4-6-20-13(11)16(17,18)19/h4-6,10,12H,7-9H2,1-3H3,(H,22,23)/t10?,12-/m1/s1. The molecule has 1 unspecified atom stereocenters. The van der Waals surface area contributed by atoms with Crippen LogP contribution in [0.5, 0.6) is 0 Å². The smallest absolute Gasteiger partial charge is 0.433 e. The monoisotopic (exact) mass is 346 g/mol. The maximum atomic E-state index is 13.1. The molecule has 0 saturated carbocycles. The summed E-state index contributed by atoms with van der Waals surface area (Å²) in [4.78, 5) is 16.5. The third kappa shape index (κ3) is 4.45. The number of likely N-dealkylation sites (tertiary alicyclic amines) is 1. The summed E-state index contributed by atoms with van der Waals surface area (Å²) in [6.07, 6.45) is -3.38. The third-order valence-corrected chi connectivity index (χ3v) is 3.90. The van der Waals surface area contributed by atoms with E-state index in [2.05, 4.69) is 4.98 Å². The van der Waals surface area contributed by atoms with Crippen LogP contribution >= 0.6 is 0 Å². The summed E-state index contributed by atoms with van der Waals surface area (Å²) >= 11 is 0. The van der Waals surface area contributed by atoms with Crippen LogP contribution in [0.4, 0.5) is 13.2 Å². The van der Waals surface area contributed by atoms with E-state index in [-0.39, 0.29) is 25.3 Å². The number of carbonyl (C=O) groups is 1. The normalized spacial score (nSPS) is 22.8. The van der Waals surface area contributed by atoms with Gasteiger partial charge in [-0.2, -0.15) is 13.2 Å². The molecular weight excluding hydrogens is 325 g/mol. The average molecular weight is 346 g/mol. The molecule has 8 heteroatoms. The Kier molecular flexibility index (Phi) is 5.19. The van der Waals surface area contributed by atoms with E-state index in [1.807, 2.05) is 20.8 Å². The quantitative estimate of drug-likeness (QED) is 0.908. The Morgan fingerprint density at radius 1 is 1.42 bits per heavy atom. The van der Waals surface area contributed by atoms with E-state index in [0.29, 0.717) is 0 Å². The first-order chi connectivity index (χ1) is 11.0. The highest BCUT2D eigenvalue weighted by atomic mass is 19.4. The maximum Gasteiger partial charge on any atom is 0.433 e. The summed E-state index contributed by atoms with van der Waals surface area (Å²) < 4.78 is 45.0. The van der Waals surface area contributed by atoms with Gasteiger partial charge in [-0.3, -0.25) is 14.7 Å². The van der Waals surface area contributed by atoms with E-state index >= 15 is 0 Å². The van der Waals surface area contributed by atoms with Crippen LogP contribution in [0.15, 0.2) is 18.3 Å². The van der Waals surface area contributed by atoms with Crippen LogP contribution in [-0.4, -0.2) is 45.9 Å². The van der Waals surface area contributed by atoms with Gasteiger partial charge in [0.25, 0.3) is 0 Å². The zero-order valence-electron chi connectivity index (χ0n) is 13.8. The predicted octanol–water partition coefficient (Wildman–Crippen LogP) is 3.12. The summed E-state index contributed by atoms with van der Waals surface area (Å²) in [6.45, 7) is 5.73. The van der Waals surface area contributed by atoms with Crippen LogP contribution in [-0.2, 0) is 15.7 Å². The van der Waals surface area contributed by atoms with Crippen molar-refractivity contribution in [2.75, 3.05) is 13.3 Å². The number of aliphatic carboxylic acids is 1. The fourth-order valence-corrected chi connectivity index (χ4v) is 2.79. The molecule has 1 fully saturated rings. The minimum atomic E-state index is -4.56. The molecule has 2 atom stereocenters. The second-order valence-electron chi connectivity index (χ2n) is 6.88. The number of hydrogen-bond acceptors (Lipinski definition) is 4. The molecule has 2 heterocycles. The Labute approximate surface area is 138 Å². The fourth-order valence-electron chi connectivity index (χ4n) is 2.79. The molecule has 0 spiro atoms. The number of carboxylic acid groups (broad SMARTS) is 1. The van der Waals surface area contributed by atoms with Gasteiger partial charge in [-0.05, 0) is 38.8 Å². The number of halogens is 3. The predicted molar refractivity (Wildman–Crippen MR) is 80.4 cm³/mol. The number of ether oxygens (including phenoxy) is 1. The lowest BCUT2D eigenvalue weighted by Gasteiger charge is -2.27. The topological polar surface area (TPSA) is 62.7 Å². The largest absolute Gasteiger partial charge is 0.480 e. The molecule has 24 heavy (non-hydrogen) atoms. The number of hydrogen-bond donors (Lipinski definition) is 1. The Hall–Kier alpha value is -1.67. The third-order valence-electron chi connectivity index (χ3n) is 3.90. The molecule has 134 valence electrons.